The Labute approximate surface area is 193 Å². The van der Waals surface area contributed by atoms with Crippen molar-refractivity contribution in [3.63, 3.8) is 0 Å². The van der Waals surface area contributed by atoms with E-state index in [0.29, 0.717) is 60.2 Å². The molecular weight excluding hydrogens is 451 g/mol. The minimum atomic E-state index is -0.421. The number of amides is 1. The lowest BCUT2D eigenvalue weighted by Gasteiger charge is -2.36. The number of ether oxygens (including phenoxy) is 1. The Hall–Kier alpha value is -3.66. The molecule has 4 aromatic rings. The molecule has 1 fully saturated rings. The Balaban J connectivity index is 1.31. The van der Waals surface area contributed by atoms with Crippen LogP contribution in [0, 0.1) is 5.82 Å². The topological polar surface area (TPSA) is 89.5 Å². The third-order valence-electron chi connectivity index (χ3n) is 5.62. The molecule has 3 aromatic heterocycles. The van der Waals surface area contributed by atoms with Crippen molar-refractivity contribution in [2.45, 2.75) is 6.54 Å². The Bertz CT molecular complexity index is 1300. The molecule has 5 rings (SSSR count). The summed E-state index contributed by atoms with van der Waals surface area (Å²) >= 11 is 6.00. The molecule has 0 spiro atoms. The van der Waals surface area contributed by atoms with E-state index in [9.17, 15) is 9.18 Å². The number of hydrogen-bond acceptors (Lipinski definition) is 7. The fraction of sp³-hybridized carbons (Fsp3) is 0.273. The molecule has 1 aliphatic heterocycles. The van der Waals surface area contributed by atoms with Gasteiger partial charge in [-0.1, -0.05) is 11.6 Å². The van der Waals surface area contributed by atoms with E-state index in [0.717, 1.165) is 0 Å². The number of pyridine rings is 1. The molecule has 33 heavy (non-hydrogen) atoms. The average Bonchev–Trinajstić information content (AvgIpc) is 3.48. The van der Waals surface area contributed by atoms with Crippen molar-refractivity contribution < 1.29 is 18.3 Å². The van der Waals surface area contributed by atoms with Gasteiger partial charge in [0.15, 0.2) is 5.69 Å². The molecule has 1 aromatic carbocycles. The number of methoxy groups -OCH3 is 1. The Morgan fingerprint density at radius 2 is 2.03 bits per heavy atom. The summed E-state index contributed by atoms with van der Waals surface area (Å²) in [6, 6.07) is 6.47. The van der Waals surface area contributed by atoms with Gasteiger partial charge in [0.2, 0.25) is 11.8 Å². The van der Waals surface area contributed by atoms with Crippen LogP contribution >= 0.6 is 11.6 Å². The van der Waals surface area contributed by atoms with Gasteiger partial charge in [-0.15, -0.1) is 0 Å². The summed E-state index contributed by atoms with van der Waals surface area (Å²) in [6.45, 7) is 1.92. The highest BCUT2D eigenvalue weighted by atomic mass is 35.5. The van der Waals surface area contributed by atoms with Gasteiger partial charge < -0.3 is 19.0 Å². The molecule has 0 aliphatic carbocycles. The van der Waals surface area contributed by atoms with E-state index in [-0.39, 0.29) is 17.5 Å². The smallest absolute Gasteiger partial charge is 0.249 e. The monoisotopic (exact) mass is 470 g/mol. The number of fused-ring (bicyclic) bond motifs is 1. The highest BCUT2D eigenvalue weighted by molar-refractivity contribution is 6.32. The van der Waals surface area contributed by atoms with E-state index in [1.807, 2.05) is 11.0 Å². The lowest BCUT2D eigenvalue weighted by atomic mass is 10.2. The summed E-state index contributed by atoms with van der Waals surface area (Å²) < 4.78 is 26.7. The highest BCUT2D eigenvalue weighted by Gasteiger charge is 2.25. The molecule has 0 radical (unpaired) electrons. The van der Waals surface area contributed by atoms with Crippen molar-refractivity contribution in [3.8, 4) is 17.3 Å². The summed E-state index contributed by atoms with van der Waals surface area (Å²) in [7, 11) is 1.49. The summed E-state index contributed by atoms with van der Waals surface area (Å²) in [5.41, 5.74) is 2.22. The number of oxazole rings is 1. The molecule has 170 valence electrons. The number of piperazine rings is 1. The van der Waals surface area contributed by atoms with Gasteiger partial charge in [-0.25, -0.2) is 9.37 Å². The second kappa shape index (κ2) is 8.70. The maximum Gasteiger partial charge on any atom is 0.249 e. The number of anilines is 1. The Kier molecular flexibility index (Phi) is 5.59. The average molecular weight is 471 g/mol. The molecule has 0 bridgehead atoms. The van der Waals surface area contributed by atoms with Gasteiger partial charge >= 0.3 is 0 Å². The molecule has 0 saturated carbocycles. The number of benzene rings is 1. The van der Waals surface area contributed by atoms with Gasteiger partial charge in [0.1, 0.15) is 29.9 Å². The molecule has 1 amide bonds. The number of hydrogen-bond donors (Lipinski definition) is 0. The molecule has 1 aliphatic rings. The third-order valence-corrected chi connectivity index (χ3v) is 5.92. The maximum absolute atomic E-state index is 14.5. The first-order valence-electron chi connectivity index (χ1n) is 10.3. The third kappa shape index (κ3) is 3.97. The summed E-state index contributed by atoms with van der Waals surface area (Å²) in [5, 5.41) is 4.75. The Morgan fingerprint density at radius 1 is 1.21 bits per heavy atom. The number of carbonyl (C=O) groups excluding carboxylic acids is 1. The number of rotatable bonds is 5. The molecule has 0 N–H and O–H groups in total. The Morgan fingerprint density at radius 3 is 2.76 bits per heavy atom. The van der Waals surface area contributed by atoms with E-state index in [1.54, 1.807) is 27.9 Å². The van der Waals surface area contributed by atoms with Crippen molar-refractivity contribution in [2.24, 2.45) is 0 Å². The van der Waals surface area contributed by atoms with Gasteiger partial charge in [0, 0.05) is 38.4 Å². The quantitative estimate of drug-likeness (QED) is 0.442. The minimum absolute atomic E-state index is 0.0476. The van der Waals surface area contributed by atoms with E-state index in [1.165, 1.54) is 25.6 Å². The fourth-order valence-electron chi connectivity index (χ4n) is 3.96. The first-order chi connectivity index (χ1) is 16.0. The van der Waals surface area contributed by atoms with Crippen LogP contribution in [0.1, 0.15) is 0 Å². The fourth-order valence-corrected chi connectivity index (χ4v) is 4.18. The van der Waals surface area contributed by atoms with Gasteiger partial charge in [-0.05, 0) is 18.2 Å². The van der Waals surface area contributed by atoms with Crippen molar-refractivity contribution in [1.29, 1.82) is 0 Å². The second-order valence-corrected chi connectivity index (χ2v) is 7.93. The zero-order chi connectivity index (χ0) is 22.9. The number of carbonyl (C=O) groups is 1. The maximum atomic E-state index is 14.5. The molecular formula is C22H20ClFN6O3. The molecule has 11 heteroatoms. The molecule has 4 heterocycles. The zero-order valence-electron chi connectivity index (χ0n) is 17.7. The van der Waals surface area contributed by atoms with Gasteiger partial charge in [-0.2, -0.15) is 5.10 Å². The van der Waals surface area contributed by atoms with Gasteiger partial charge in [0.05, 0.1) is 29.5 Å². The number of nitrogens with zero attached hydrogens (tertiary/aromatic N) is 6. The SMILES string of the molecule is COc1cc(N2CCN(C(=O)Cn3nc(-c4ncco4)c4ncccc43)CC2)c(F)cc1Cl. The van der Waals surface area contributed by atoms with Crippen molar-refractivity contribution in [3.05, 3.63) is 53.8 Å². The van der Waals surface area contributed by atoms with Crippen molar-refractivity contribution in [1.82, 2.24) is 24.6 Å². The van der Waals surface area contributed by atoms with E-state index in [4.69, 9.17) is 20.8 Å². The first-order valence-corrected chi connectivity index (χ1v) is 10.7. The summed E-state index contributed by atoms with van der Waals surface area (Å²) in [4.78, 5) is 25.2. The van der Waals surface area contributed by atoms with E-state index in [2.05, 4.69) is 15.1 Å². The van der Waals surface area contributed by atoms with Gasteiger partial charge in [-0.3, -0.25) is 14.5 Å². The summed E-state index contributed by atoms with van der Waals surface area (Å²) in [5.74, 6) is 0.248. The first kappa shape index (κ1) is 21.2. The van der Waals surface area contributed by atoms with Crippen LogP contribution in [-0.4, -0.2) is 63.8 Å². The minimum Gasteiger partial charge on any atom is -0.495 e. The highest BCUT2D eigenvalue weighted by Crippen LogP contribution is 2.33. The molecule has 0 atom stereocenters. The van der Waals surface area contributed by atoms with E-state index < -0.39 is 5.82 Å². The van der Waals surface area contributed by atoms with E-state index >= 15 is 0 Å². The van der Waals surface area contributed by atoms with Crippen LogP contribution in [0.5, 0.6) is 5.75 Å². The van der Waals surface area contributed by atoms with Crippen LogP contribution in [-0.2, 0) is 11.3 Å². The lowest BCUT2D eigenvalue weighted by Crippen LogP contribution is -2.49. The lowest BCUT2D eigenvalue weighted by molar-refractivity contribution is -0.132. The second-order valence-electron chi connectivity index (χ2n) is 7.52. The normalized spacial score (nSPS) is 14.2. The molecule has 9 nitrogen and oxygen atoms in total. The molecule has 1 saturated heterocycles. The van der Waals surface area contributed by atoms with Crippen LogP contribution in [0.3, 0.4) is 0 Å². The standard InChI is InChI=1S/C22H20ClFN6O3/c1-32-18-12-17(15(24)11-14(18)23)28-6-8-29(9-7-28)19(31)13-30-16-3-2-4-25-20(16)21(27-30)22-26-5-10-33-22/h2-5,10-12H,6-9,13H2,1H3. The van der Waals surface area contributed by atoms with Crippen molar-refractivity contribution >= 4 is 34.2 Å². The molecule has 0 unspecified atom stereocenters. The number of aromatic nitrogens is 4. The van der Waals surface area contributed by atoms with Gasteiger partial charge in [0.25, 0.3) is 0 Å². The largest absolute Gasteiger partial charge is 0.495 e. The van der Waals surface area contributed by atoms with Crippen molar-refractivity contribution in [2.75, 3.05) is 38.2 Å². The van der Waals surface area contributed by atoms with Crippen LogP contribution in [0.2, 0.25) is 5.02 Å². The zero-order valence-corrected chi connectivity index (χ0v) is 18.5. The van der Waals surface area contributed by atoms with Crippen LogP contribution < -0.4 is 9.64 Å². The number of halogens is 2. The van der Waals surface area contributed by atoms with Crippen LogP contribution in [0.4, 0.5) is 10.1 Å². The van der Waals surface area contributed by atoms with Crippen LogP contribution in [0.25, 0.3) is 22.6 Å². The predicted molar refractivity (Wildman–Crippen MR) is 120 cm³/mol. The summed E-state index contributed by atoms with van der Waals surface area (Å²) in [6.07, 6.45) is 4.66. The van der Waals surface area contributed by atoms with Crippen LogP contribution in [0.15, 0.2) is 47.3 Å². The predicted octanol–water partition coefficient (Wildman–Crippen LogP) is 3.24.